The van der Waals surface area contributed by atoms with Crippen LogP contribution >= 0.6 is 0 Å². The first-order valence-electron chi connectivity index (χ1n) is 11.1. The fraction of sp³-hybridized carbons (Fsp3) is 0.160. The molecule has 7 N–H and O–H groups in total. The number of hydrogen-bond donors (Lipinski definition) is 6. The van der Waals surface area contributed by atoms with Gasteiger partial charge in [0.25, 0.3) is 5.91 Å². The number of fused-ring (bicyclic) bond motifs is 1. The normalized spacial score (nSPS) is 11.7. The van der Waals surface area contributed by atoms with Gasteiger partial charge in [-0.15, -0.1) is 0 Å². The van der Waals surface area contributed by atoms with Gasteiger partial charge in [-0.1, -0.05) is 42.5 Å². The quantitative estimate of drug-likeness (QED) is 0.102. The highest BCUT2D eigenvalue weighted by atomic mass is 19.4. The van der Waals surface area contributed by atoms with Gasteiger partial charge >= 0.3 is 18.1 Å². The number of carbonyl (C=O) groups is 4. The number of aliphatic imine (C=N–C) groups is 1. The van der Waals surface area contributed by atoms with Crippen molar-refractivity contribution in [2.75, 3.05) is 6.54 Å². The van der Waals surface area contributed by atoms with Crippen LogP contribution in [0.25, 0.3) is 10.8 Å². The Kier molecular flexibility index (Phi) is 10.9. The molecule has 206 valence electrons. The first-order valence-corrected chi connectivity index (χ1v) is 11.1. The number of hydrazine groups is 1. The second kappa shape index (κ2) is 14.1. The molecule has 0 spiro atoms. The van der Waals surface area contributed by atoms with Crippen LogP contribution in [0, 0.1) is 0 Å². The largest absolute Gasteiger partial charge is 0.490 e. The Hall–Kier alpha value is -4.98. The molecule has 0 bridgehead atoms. The molecule has 1 atom stereocenters. The zero-order chi connectivity index (χ0) is 29.0. The number of alkyl halides is 3. The van der Waals surface area contributed by atoms with Crippen LogP contribution in [0.2, 0.25) is 0 Å². The fourth-order valence-electron chi connectivity index (χ4n) is 3.20. The maximum atomic E-state index is 12.5. The van der Waals surface area contributed by atoms with Crippen molar-refractivity contribution < 1.29 is 42.6 Å². The van der Waals surface area contributed by atoms with Crippen LogP contribution in [0.1, 0.15) is 28.4 Å². The summed E-state index contributed by atoms with van der Waals surface area (Å²) >= 11 is 0. The summed E-state index contributed by atoms with van der Waals surface area (Å²) < 4.78 is 31.7. The molecule has 3 rings (SSSR count). The Morgan fingerprint density at radius 1 is 0.949 bits per heavy atom. The second-order valence-electron chi connectivity index (χ2n) is 7.79. The molecule has 1 unspecified atom stereocenters. The number of nitrogens with two attached hydrogens (primary N) is 1. The van der Waals surface area contributed by atoms with Crippen molar-refractivity contribution in [3.05, 3.63) is 77.9 Å². The van der Waals surface area contributed by atoms with Crippen LogP contribution in [-0.4, -0.2) is 53.0 Å². The van der Waals surface area contributed by atoms with E-state index >= 15 is 0 Å². The van der Waals surface area contributed by atoms with Gasteiger partial charge < -0.3 is 26.3 Å². The first-order chi connectivity index (χ1) is 18.4. The minimum atomic E-state index is -5.08. The van der Waals surface area contributed by atoms with Gasteiger partial charge in [-0.3, -0.25) is 14.4 Å². The molecule has 0 radical (unpaired) electrons. The molecule has 0 fully saturated rings. The van der Waals surface area contributed by atoms with Gasteiger partial charge in [0.15, 0.2) is 0 Å². The molecule has 11 nitrogen and oxygen atoms in total. The molecule has 14 heteroatoms. The number of amides is 2. The number of carboxylic acids is 2. The van der Waals surface area contributed by atoms with E-state index in [0.717, 1.165) is 10.8 Å². The van der Waals surface area contributed by atoms with Crippen LogP contribution in [0.5, 0.6) is 0 Å². The lowest BCUT2D eigenvalue weighted by molar-refractivity contribution is -0.192. The third-order valence-corrected chi connectivity index (χ3v) is 4.94. The van der Waals surface area contributed by atoms with Crippen molar-refractivity contribution in [1.82, 2.24) is 16.1 Å². The van der Waals surface area contributed by atoms with E-state index in [1.165, 1.54) is 6.34 Å². The zero-order valence-corrected chi connectivity index (χ0v) is 20.1. The summed E-state index contributed by atoms with van der Waals surface area (Å²) in [4.78, 5) is 49.1. The number of benzene rings is 3. The second-order valence-corrected chi connectivity index (χ2v) is 7.79. The van der Waals surface area contributed by atoms with E-state index in [0.29, 0.717) is 16.8 Å². The summed E-state index contributed by atoms with van der Waals surface area (Å²) in [6.07, 6.45) is -4.09. The molecular weight excluding hydrogens is 523 g/mol. The van der Waals surface area contributed by atoms with Gasteiger partial charge in [0, 0.05) is 5.56 Å². The molecule has 39 heavy (non-hydrogen) atoms. The third kappa shape index (κ3) is 10.1. The van der Waals surface area contributed by atoms with Gasteiger partial charge in [-0.25, -0.2) is 15.6 Å². The Labute approximate surface area is 219 Å². The molecule has 2 amide bonds. The lowest BCUT2D eigenvalue weighted by atomic mass is 9.99. The number of carbonyl (C=O) groups excluding carboxylic acids is 2. The summed E-state index contributed by atoms with van der Waals surface area (Å²) in [5, 5.41) is 23.6. The predicted octanol–water partition coefficient (Wildman–Crippen LogP) is 2.66. The molecule has 3 aromatic carbocycles. The molecule has 0 aliphatic carbocycles. The number of halogens is 3. The standard InChI is InChI=1S/C23H23N5O4.C2HF3O2/c24-27-14-26-19-7-3-6-18(11-19)23(32)25-13-21(29)28-20(12-22(30)31)17-9-8-15-4-1-2-5-16(15)10-17;3-2(4,5)1(6)7/h1-11,14,20H,12-13,24H2,(H,25,32)(H,26,27)(H,28,29)(H,30,31);(H,6,7). The molecule has 0 aliphatic heterocycles. The van der Waals surface area contributed by atoms with Gasteiger partial charge in [-0.2, -0.15) is 13.2 Å². The van der Waals surface area contributed by atoms with Crippen LogP contribution in [0.15, 0.2) is 71.7 Å². The monoisotopic (exact) mass is 547 g/mol. The summed E-state index contributed by atoms with van der Waals surface area (Å²) in [7, 11) is 0. The zero-order valence-electron chi connectivity index (χ0n) is 20.1. The average molecular weight is 547 g/mol. The van der Waals surface area contributed by atoms with Crippen molar-refractivity contribution in [3.8, 4) is 0 Å². The lowest BCUT2D eigenvalue weighted by Gasteiger charge is -2.18. The van der Waals surface area contributed by atoms with Crippen molar-refractivity contribution in [1.29, 1.82) is 0 Å². The molecule has 0 aliphatic rings. The highest BCUT2D eigenvalue weighted by molar-refractivity contribution is 5.97. The van der Waals surface area contributed by atoms with E-state index in [-0.39, 0.29) is 13.0 Å². The van der Waals surface area contributed by atoms with Gasteiger partial charge in [0.2, 0.25) is 5.91 Å². The number of nitrogens with zero attached hydrogens (tertiary/aromatic N) is 1. The lowest BCUT2D eigenvalue weighted by Crippen LogP contribution is -2.39. The van der Waals surface area contributed by atoms with Crippen LogP contribution in [0.4, 0.5) is 18.9 Å². The number of hydrogen-bond acceptors (Lipinski definition) is 6. The molecule has 0 aromatic heterocycles. The third-order valence-electron chi connectivity index (χ3n) is 4.94. The van der Waals surface area contributed by atoms with Gasteiger partial charge in [0.1, 0.15) is 6.34 Å². The van der Waals surface area contributed by atoms with Crippen LogP contribution in [0.3, 0.4) is 0 Å². The highest BCUT2D eigenvalue weighted by Crippen LogP contribution is 2.23. The van der Waals surface area contributed by atoms with E-state index in [4.69, 9.17) is 15.7 Å². The molecule has 0 heterocycles. The number of aliphatic carboxylic acids is 2. The maximum absolute atomic E-state index is 12.5. The molecular formula is C25H24F3N5O6. The predicted molar refractivity (Wildman–Crippen MR) is 135 cm³/mol. The first kappa shape index (κ1) is 30.2. The van der Waals surface area contributed by atoms with Gasteiger partial charge in [0.05, 0.1) is 24.7 Å². The maximum Gasteiger partial charge on any atom is 0.490 e. The summed E-state index contributed by atoms with van der Waals surface area (Å²) in [5.74, 6) is 0.372. The number of carboxylic acid groups (broad SMARTS) is 2. The Balaban J connectivity index is 0.000000673. The summed E-state index contributed by atoms with van der Waals surface area (Å²) in [6, 6.07) is 18.9. The minimum absolute atomic E-state index is 0.284. The molecule has 0 saturated heterocycles. The van der Waals surface area contributed by atoms with Crippen LogP contribution < -0.4 is 21.9 Å². The van der Waals surface area contributed by atoms with Gasteiger partial charge in [-0.05, 0) is 40.6 Å². The van der Waals surface area contributed by atoms with E-state index in [9.17, 15) is 32.7 Å². The number of nitrogens with one attached hydrogen (secondary N) is 3. The Morgan fingerprint density at radius 2 is 1.62 bits per heavy atom. The average Bonchev–Trinajstić information content (AvgIpc) is 2.89. The Morgan fingerprint density at radius 3 is 2.23 bits per heavy atom. The molecule has 0 saturated carbocycles. The van der Waals surface area contributed by atoms with E-state index < -0.39 is 36.0 Å². The van der Waals surface area contributed by atoms with Crippen molar-refractivity contribution in [2.45, 2.75) is 18.6 Å². The Bertz CT molecular complexity index is 1360. The highest BCUT2D eigenvalue weighted by Gasteiger charge is 2.38. The van der Waals surface area contributed by atoms with Crippen molar-refractivity contribution in [2.24, 2.45) is 10.8 Å². The van der Waals surface area contributed by atoms with Crippen molar-refractivity contribution in [3.63, 3.8) is 0 Å². The SMILES string of the molecule is NNC=Nc1cccc(C(=O)NCC(=O)NC(CC(=O)O)c2ccc3ccccc3c2)c1.O=C(O)C(F)(F)F. The molecule has 3 aromatic rings. The fourth-order valence-corrected chi connectivity index (χ4v) is 3.20. The van der Waals surface area contributed by atoms with E-state index in [2.05, 4.69) is 21.1 Å². The summed E-state index contributed by atoms with van der Waals surface area (Å²) in [5.41, 5.74) is 3.78. The van der Waals surface area contributed by atoms with Crippen LogP contribution in [-0.2, 0) is 14.4 Å². The topological polar surface area (TPSA) is 183 Å². The minimum Gasteiger partial charge on any atom is -0.481 e. The number of rotatable bonds is 9. The van der Waals surface area contributed by atoms with Crippen molar-refractivity contribution >= 4 is 46.6 Å². The van der Waals surface area contributed by atoms with E-state index in [1.807, 2.05) is 36.4 Å². The smallest absolute Gasteiger partial charge is 0.481 e. The summed E-state index contributed by atoms with van der Waals surface area (Å²) in [6.45, 7) is -0.305. The van der Waals surface area contributed by atoms with E-state index in [1.54, 1.807) is 30.3 Å².